The van der Waals surface area contributed by atoms with Gasteiger partial charge in [0.2, 0.25) is 0 Å². The second kappa shape index (κ2) is 6.16. The maximum atomic E-state index is 13.2. The lowest BCUT2D eigenvalue weighted by Crippen LogP contribution is -2.36. The number of nitrogens with zero attached hydrogens (tertiary/aromatic N) is 2. The molecule has 2 aromatic rings. The zero-order valence-electron chi connectivity index (χ0n) is 12.2. The molecule has 1 fully saturated rings. The highest BCUT2D eigenvalue weighted by molar-refractivity contribution is 9.10. The van der Waals surface area contributed by atoms with Crippen molar-refractivity contribution in [3.8, 4) is 0 Å². The molecule has 5 heteroatoms. The maximum Gasteiger partial charge on any atom is 0.255 e. The molecular weight excluding hydrogens is 347 g/mol. The summed E-state index contributed by atoms with van der Waals surface area (Å²) >= 11 is 3.29. The van der Waals surface area contributed by atoms with Gasteiger partial charge >= 0.3 is 0 Å². The summed E-state index contributed by atoms with van der Waals surface area (Å²) in [6.07, 6.45) is 3.73. The van der Waals surface area contributed by atoms with Crippen LogP contribution in [0.25, 0.3) is 0 Å². The minimum absolute atomic E-state index is 0.0903. The van der Waals surface area contributed by atoms with Crippen LogP contribution in [0.3, 0.4) is 0 Å². The first-order valence-corrected chi connectivity index (χ1v) is 8.06. The summed E-state index contributed by atoms with van der Waals surface area (Å²) in [4.78, 5) is 19.1. The van der Waals surface area contributed by atoms with E-state index in [2.05, 4.69) is 20.9 Å². The van der Waals surface area contributed by atoms with E-state index in [0.717, 1.165) is 18.5 Å². The Morgan fingerprint density at radius 1 is 1.36 bits per heavy atom. The Bertz CT molecular complexity index is 688. The minimum Gasteiger partial charge on any atom is -0.327 e. The van der Waals surface area contributed by atoms with E-state index in [1.54, 1.807) is 6.20 Å². The average molecular weight is 363 g/mol. The van der Waals surface area contributed by atoms with Gasteiger partial charge in [0.1, 0.15) is 5.82 Å². The summed E-state index contributed by atoms with van der Waals surface area (Å²) in [6.45, 7) is 1.98. The Labute approximate surface area is 137 Å². The lowest BCUT2D eigenvalue weighted by molar-refractivity contribution is 0.0669. The standard InChI is InChI=1S/C17H16BrFN2O/c1-11(16-4-2-3-9-20-16)21(13-6-7-13)17(22)14-8-5-12(19)10-15(14)18/h2-5,8-11,13H,6-7H2,1H3. The molecule has 1 heterocycles. The fourth-order valence-corrected chi connectivity index (χ4v) is 3.10. The average Bonchev–Trinajstić information content (AvgIpc) is 3.33. The Morgan fingerprint density at radius 2 is 2.14 bits per heavy atom. The van der Waals surface area contributed by atoms with E-state index in [9.17, 15) is 9.18 Å². The molecule has 1 unspecified atom stereocenters. The Morgan fingerprint density at radius 3 is 2.73 bits per heavy atom. The molecule has 1 saturated carbocycles. The molecule has 3 rings (SSSR count). The van der Waals surface area contributed by atoms with Gasteiger partial charge in [-0.2, -0.15) is 0 Å². The number of halogens is 2. The van der Waals surface area contributed by atoms with Gasteiger partial charge in [-0.3, -0.25) is 9.78 Å². The van der Waals surface area contributed by atoms with Crippen LogP contribution < -0.4 is 0 Å². The molecule has 1 aromatic carbocycles. The van der Waals surface area contributed by atoms with Crippen LogP contribution in [-0.2, 0) is 0 Å². The second-order valence-electron chi connectivity index (χ2n) is 5.50. The summed E-state index contributed by atoms with van der Waals surface area (Å²) in [7, 11) is 0. The number of benzene rings is 1. The molecule has 1 amide bonds. The van der Waals surface area contributed by atoms with Gasteiger partial charge < -0.3 is 4.90 Å². The largest absolute Gasteiger partial charge is 0.327 e. The molecule has 0 bridgehead atoms. The first-order chi connectivity index (χ1) is 10.6. The molecule has 0 N–H and O–H groups in total. The zero-order chi connectivity index (χ0) is 15.7. The van der Waals surface area contributed by atoms with Crippen molar-refractivity contribution >= 4 is 21.8 Å². The third-order valence-electron chi connectivity index (χ3n) is 3.87. The molecule has 1 aromatic heterocycles. The topological polar surface area (TPSA) is 33.2 Å². The molecule has 1 aliphatic rings. The van der Waals surface area contributed by atoms with E-state index in [-0.39, 0.29) is 23.8 Å². The number of pyridine rings is 1. The van der Waals surface area contributed by atoms with Gasteiger partial charge in [-0.15, -0.1) is 0 Å². The minimum atomic E-state index is -0.362. The van der Waals surface area contributed by atoms with Crippen molar-refractivity contribution in [2.75, 3.05) is 0 Å². The molecule has 22 heavy (non-hydrogen) atoms. The molecule has 0 spiro atoms. The third kappa shape index (κ3) is 3.04. The lowest BCUT2D eigenvalue weighted by atomic mass is 10.1. The van der Waals surface area contributed by atoms with Crippen LogP contribution in [0.4, 0.5) is 4.39 Å². The van der Waals surface area contributed by atoms with Crippen LogP contribution >= 0.6 is 15.9 Å². The van der Waals surface area contributed by atoms with Crippen LogP contribution in [0.1, 0.15) is 41.9 Å². The van der Waals surface area contributed by atoms with E-state index in [1.165, 1.54) is 18.2 Å². The molecule has 0 aliphatic heterocycles. The SMILES string of the molecule is CC(c1ccccn1)N(C(=O)c1ccc(F)cc1Br)C1CC1. The third-order valence-corrected chi connectivity index (χ3v) is 4.53. The van der Waals surface area contributed by atoms with Gasteiger partial charge in [0.15, 0.2) is 0 Å². The van der Waals surface area contributed by atoms with Gasteiger partial charge in [0.05, 0.1) is 17.3 Å². The highest BCUT2D eigenvalue weighted by atomic mass is 79.9. The maximum absolute atomic E-state index is 13.2. The number of carbonyl (C=O) groups is 1. The van der Waals surface area contributed by atoms with Crippen molar-refractivity contribution < 1.29 is 9.18 Å². The van der Waals surface area contributed by atoms with Crippen LogP contribution in [-0.4, -0.2) is 21.8 Å². The Balaban J connectivity index is 1.92. The number of carbonyl (C=O) groups excluding carboxylic acids is 1. The van der Waals surface area contributed by atoms with Crippen LogP contribution in [0.2, 0.25) is 0 Å². The molecule has 0 saturated heterocycles. The number of hydrogen-bond donors (Lipinski definition) is 0. The first-order valence-electron chi connectivity index (χ1n) is 7.26. The van der Waals surface area contributed by atoms with Crippen molar-refractivity contribution in [3.05, 3.63) is 64.1 Å². The second-order valence-corrected chi connectivity index (χ2v) is 6.35. The summed E-state index contributed by atoms with van der Waals surface area (Å²) in [6, 6.07) is 9.99. The summed E-state index contributed by atoms with van der Waals surface area (Å²) in [5, 5.41) is 0. The van der Waals surface area contributed by atoms with Crippen LogP contribution in [0.15, 0.2) is 47.1 Å². The van der Waals surface area contributed by atoms with E-state index in [4.69, 9.17) is 0 Å². The van der Waals surface area contributed by atoms with E-state index < -0.39 is 0 Å². The van der Waals surface area contributed by atoms with Gasteiger partial charge in [-0.05, 0) is 66.0 Å². The Hall–Kier alpha value is -1.75. The van der Waals surface area contributed by atoms with Crippen LogP contribution in [0, 0.1) is 5.82 Å². The van der Waals surface area contributed by atoms with Gasteiger partial charge in [0, 0.05) is 16.7 Å². The van der Waals surface area contributed by atoms with Crippen molar-refractivity contribution in [3.63, 3.8) is 0 Å². The fourth-order valence-electron chi connectivity index (χ4n) is 2.58. The molecule has 0 radical (unpaired) electrons. The first kappa shape index (κ1) is 15.2. The van der Waals surface area contributed by atoms with Crippen molar-refractivity contribution in [2.24, 2.45) is 0 Å². The highest BCUT2D eigenvalue weighted by Crippen LogP contribution is 2.36. The molecule has 1 aliphatic carbocycles. The smallest absolute Gasteiger partial charge is 0.255 e. The van der Waals surface area contributed by atoms with E-state index >= 15 is 0 Å². The summed E-state index contributed by atoms with van der Waals surface area (Å²) < 4.78 is 13.7. The van der Waals surface area contributed by atoms with Crippen LogP contribution in [0.5, 0.6) is 0 Å². The van der Waals surface area contributed by atoms with Gasteiger partial charge in [-0.1, -0.05) is 6.07 Å². The number of rotatable bonds is 4. The number of aromatic nitrogens is 1. The Kier molecular flexibility index (Phi) is 4.25. The molecular formula is C17H16BrFN2O. The molecule has 1 atom stereocenters. The monoisotopic (exact) mass is 362 g/mol. The summed E-state index contributed by atoms with van der Waals surface area (Å²) in [5.74, 6) is -0.452. The molecule has 114 valence electrons. The predicted octanol–water partition coefficient (Wildman–Crippen LogP) is 4.35. The molecule has 3 nitrogen and oxygen atoms in total. The normalized spacial score (nSPS) is 15.4. The highest BCUT2D eigenvalue weighted by Gasteiger charge is 2.37. The predicted molar refractivity (Wildman–Crippen MR) is 85.9 cm³/mol. The van der Waals surface area contributed by atoms with Crippen molar-refractivity contribution in [1.29, 1.82) is 0 Å². The fraction of sp³-hybridized carbons (Fsp3) is 0.294. The lowest BCUT2D eigenvalue weighted by Gasteiger charge is -2.29. The van der Waals surface area contributed by atoms with E-state index in [0.29, 0.717) is 10.0 Å². The van der Waals surface area contributed by atoms with Crippen molar-refractivity contribution in [2.45, 2.75) is 31.8 Å². The summed E-state index contributed by atoms with van der Waals surface area (Å²) in [5.41, 5.74) is 1.34. The quantitative estimate of drug-likeness (QED) is 0.809. The van der Waals surface area contributed by atoms with E-state index in [1.807, 2.05) is 30.0 Å². The van der Waals surface area contributed by atoms with Gasteiger partial charge in [0.25, 0.3) is 5.91 Å². The number of amides is 1. The zero-order valence-corrected chi connectivity index (χ0v) is 13.8. The van der Waals surface area contributed by atoms with Gasteiger partial charge in [-0.25, -0.2) is 4.39 Å². The number of hydrogen-bond acceptors (Lipinski definition) is 2. The van der Waals surface area contributed by atoms with Crippen molar-refractivity contribution in [1.82, 2.24) is 9.88 Å².